The van der Waals surface area contributed by atoms with Crippen molar-refractivity contribution in [1.82, 2.24) is 15.7 Å². The predicted molar refractivity (Wildman–Crippen MR) is 113 cm³/mol. The Hall–Kier alpha value is -2.79. The van der Waals surface area contributed by atoms with Crippen molar-refractivity contribution in [3.63, 3.8) is 0 Å². The van der Waals surface area contributed by atoms with Gasteiger partial charge in [-0.05, 0) is 36.6 Å². The Morgan fingerprint density at radius 3 is 2.63 bits per heavy atom. The van der Waals surface area contributed by atoms with Crippen LogP contribution in [0.2, 0.25) is 5.02 Å². The molecule has 4 rings (SSSR count). The molecule has 0 unspecified atom stereocenters. The van der Waals surface area contributed by atoms with Gasteiger partial charge in [0.15, 0.2) is 0 Å². The Kier molecular flexibility index (Phi) is 5.12. The Labute approximate surface area is 163 Å². The molecule has 4 N–H and O–H groups in total. The molecule has 5 nitrogen and oxygen atoms in total. The van der Waals surface area contributed by atoms with E-state index in [1.54, 1.807) is 6.21 Å². The number of nitrogens with one attached hydrogen (secondary N) is 4. The molecule has 1 aromatic heterocycles. The second kappa shape index (κ2) is 7.84. The van der Waals surface area contributed by atoms with E-state index < -0.39 is 0 Å². The average molecular weight is 380 g/mol. The first-order valence-corrected chi connectivity index (χ1v) is 9.59. The van der Waals surface area contributed by atoms with Crippen LogP contribution in [0, 0.1) is 5.41 Å². The number of hydrazone groups is 1. The number of para-hydroxylation sites is 1. The minimum atomic E-state index is 0.242. The number of benzene rings is 2. The Bertz CT molecular complexity index is 968. The molecule has 1 heterocycles. The van der Waals surface area contributed by atoms with E-state index in [1.165, 1.54) is 12.8 Å². The van der Waals surface area contributed by atoms with Crippen LogP contribution in [0.3, 0.4) is 0 Å². The maximum atomic E-state index is 8.03. The number of rotatable bonds is 4. The van der Waals surface area contributed by atoms with Gasteiger partial charge < -0.3 is 10.3 Å². The zero-order valence-corrected chi connectivity index (χ0v) is 15.7. The van der Waals surface area contributed by atoms with Crippen molar-refractivity contribution < 1.29 is 0 Å². The van der Waals surface area contributed by atoms with Crippen molar-refractivity contribution in [2.75, 3.05) is 0 Å². The SMILES string of the molecule is N=C(NN=Cc1c(-c2ccc(Cl)cc2)[nH]c2ccccc12)NC1CCCC1. The first kappa shape index (κ1) is 17.6. The van der Waals surface area contributed by atoms with Crippen LogP contribution in [-0.4, -0.2) is 23.2 Å². The van der Waals surface area contributed by atoms with Crippen LogP contribution in [0.15, 0.2) is 53.6 Å². The monoisotopic (exact) mass is 379 g/mol. The molecule has 0 radical (unpaired) electrons. The molecular formula is C21H22ClN5. The van der Waals surface area contributed by atoms with Crippen LogP contribution in [-0.2, 0) is 0 Å². The highest BCUT2D eigenvalue weighted by molar-refractivity contribution is 6.30. The van der Waals surface area contributed by atoms with E-state index in [1.807, 2.05) is 42.5 Å². The van der Waals surface area contributed by atoms with Crippen molar-refractivity contribution in [2.24, 2.45) is 5.10 Å². The quantitative estimate of drug-likeness (QED) is 0.296. The van der Waals surface area contributed by atoms with Gasteiger partial charge in [0, 0.05) is 27.5 Å². The van der Waals surface area contributed by atoms with Gasteiger partial charge in [-0.15, -0.1) is 0 Å². The summed E-state index contributed by atoms with van der Waals surface area (Å²) in [5, 5.41) is 17.3. The van der Waals surface area contributed by atoms with Gasteiger partial charge in [0.2, 0.25) is 5.96 Å². The van der Waals surface area contributed by atoms with E-state index in [0.29, 0.717) is 11.1 Å². The van der Waals surface area contributed by atoms with Gasteiger partial charge >= 0.3 is 0 Å². The average Bonchev–Trinajstić information content (AvgIpc) is 3.30. The van der Waals surface area contributed by atoms with E-state index in [-0.39, 0.29) is 5.96 Å². The van der Waals surface area contributed by atoms with Gasteiger partial charge in [0.25, 0.3) is 0 Å². The van der Waals surface area contributed by atoms with Crippen molar-refractivity contribution >= 4 is 34.7 Å². The van der Waals surface area contributed by atoms with Crippen LogP contribution < -0.4 is 10.7 Å². The lowest BCUT2D eigenvalue weighted by molar-refractivity contribution is 0.615. The van der Waals surface area contributed by atoms with Crippen molar-refractivity contribution in [3.8, 4) is 11.3 Å². The minimum absolute atomic E-state index is 0.242. The summed E-state index contributed by atoms with van der Waals surface area (Å²) in [5.74, 6) is 0.242. The number of guanidine groups is 1. The summed E-state index contributed by atoms with van der Waals surface area (Å²) < 4.78 is 0. The van der Waals surface area contributed by atoms with E-state index >= 15 is 0 Å². The first-order valence-electron chi connectivity index (χ1n) is 9.21. The number of hydrogen-bond acceptors (Lipinski definition) is 2. The largest absolute Gasteiger partial charge is 0.354 e. The van der Waals surface area contributed by atoms with Gasteiger partial charge in [0.05, 0.1) is 11.9 Å². The lowest BCUT2D eigenvalue weighted by Gasteiger charge is -2.12. The van der Waals surface area contributed by atoms with Crippen LogP contribution in [0.5, 0.6) is 0 Å². The summed E-state index contributed by atoms with van der Waals surface area (Å²) >= 11 is 6.03. The summed E-state index contributed by atoms with van der Waals surface area (Å²) in [5.41, 5.74) is 6.85. The molecule has 0 spiro atoms. The zero-order valence-electron chi connectivity index (χ0n) is 14.9. The molecule has 27 heavy (non-hydrogen) atoms. The molecule has 1 aliphatic rings. The number of aromatic nitrogens is 1. The van der Waals surface area contributed by atoms with Gasteiger partial charge in [-0.1, -0.05) is 54.8 Å². The summed E-state index contributed by atoms with van der Waals surface area (Å²) in [7, 11) is 0. The van der Waals surface area contributed by atoms with E-state index in [0.717, 1.165) is 40.6 Å². The maximum Gasteiger partial charge on any atom is 0.209 e. The topological polar surface area (TPSA) is 76.1 Å². The Morgan fingerprint density at radius 1 is 1.11 bits per heavy atom. The zero-order chi connectivity index (χ0) is 18.6. The number of H-pyrrole nitrogens is 1. The lowest BCUT2D eigenvalue weighted by Crippen LogP contribution is -2.39. The van der Waals surface area contributed by atoms with Gasteiger partial charge in [-0.25, -0.2) is 5.43 Å². The van der Waals surface area contributed by atoms with E-state index in [4.69, 9.17) is 17.0 Å². The number of fused-ring (bicyclic) bond motifs is 1. The summed E-state index contributed by atoms with van der Waals surface area (Å²) in [6.45, 7) is 0. The fraction of sp³-hybridized carbons (Fsp3) is 0.238. The molecule has 2 aromatic carbocycles. The lowest BCUT2D eigenvalue weighted by atomic mass is 10.1. The number of hydrogen-bond donors (Lipinski definition) is 4. The molecule has 0 amide bonds. The van der Waals surface area contributed by atoms with Gasteiger partial charge in [-0.3, -0.25) is 5.41 Å². The molecule has 0 atom stereocenters. The van der Waals surface area contributed by atoms with Crippen LogP contribution in [0.4, 0.5) is 0 Å². The second-order valence-electron chi connectivity index (χ2n) is 6.84. The second-order valence-corrected chi connectivity index (χ2v) is 7.27. The fourth-order valence-corrected chi connectivity index (χ4v) is 3.74. The summed E-state index contributed by atoms with van der Waals surface area (Å²) in [6, 6.07) is 16.2. The van der Waals surface area contributed by atoms with Crippen LogP contribution >= 0.6 is 11.6 Å². The number of aromatic amines is 1. The highest BCUT2D eigenvalue weighted by Gasteiger charge is 2.15. The molecule has 0 aliphatic heterocycles. The standard InChI is InChI=1S/C21H22ClN5/c22-15-11-9-14(10-12-15)20-18(17-7-3-4-8-19(17)26-20)13-24-27-21(23)25-16-5-1-2-6-16/h3-4,7-13,16,26H,1-2,5-6H2,(H3,23,25,27). The third-order valence-corrected chi connectivity index (χ3v) is 5.20. The van der Waals surface area contributed by atoms with Crippen molar-refractivity contribution in [2.45, 2.75) is 31.7 Å². The molecule has 6 heteroatoms. The summed E-state index contributed by atoms with van der Waals surface area (Å²) in [4.78, 5) is 3.47. The highest BCUT2D eigenvalue weighted by atomic mass is 35.5. The third kappa shape index (κ3) is 3.98. The molecular weight excluding hydrogens is 358 g/mol. The Morgan fingerprint density at radius 2 is 1.85 bits per heavy atom. The maximum absolute atomic E-state index is 8.03. The molecule has 0 bridgehead atoms. The van der Waals surface area contributed by atoms with E-state index in [9.17, 15) is 0 Å². The van der Waals surface area contributed by atoms with Gasteiger partial charge in [-0.2, -0.15) is 5.10 Å². The van der Waals surface area contributed by atoms with E-state index in [2.05, 4.69) is 26.9 Å². The Balaban J connectivity index is 1.58. The smallest absolute Gasteiger partial charge is 0.209 e. The van der Waals surface area contributed by atoms with Crippen molar-refractivity contribution in [3.05, 3.63) is 59.1 Å². The molecule has 1 saturated carbocycles. The van der Waals surface area contributed by atoms with Gasteiger partial charge in [0.1, 0.15) is 0 Å². The number of nitrogens with zero attached hydrogens (tertiary/aromatic N) is 1. The number of halogens is 1. The minimum Gasteiger partial charge on any atom is -0.354 e. The van der Waals surface area contributed by atoms with Crippen molar-refractivity contribution in [1.29, 1.82) is 5.41 Å². The predicted octanol–water partition coefficient (Wildman–Crippen LogP) is 4.88. The molecule has 138 valence electrons. The molecule has 1 aliphatic carbocycles. The summed E-state index contributed by atoms with van der Waals surface area (Å²) in [6.07, 6.45) is 6.48. The normalized spacial score (nSPS) is 14.9. The first-order chi connectivity index (χ1) is 13.2. The molecule has 1 fully saturated rings. The van der Waals surface area contributed by atoms with Crippen LogP contribution in [0.25, 0.3) is 22.2 Å². The fourth-order valence-electron chi connectivity index (χ4n) is 3.61. The molecule has 3 aromatic rings. The van der Waals surface area contributed by atoms with Crippen LogP contribution in [0.1, 0.15) is 31.2 Å². The third-order valence-electron chi connectivity index (χ3n) is 4.95. The highest BCUT2D eigenvalue weighted by Crippen LogP contribution is 2.29. The molecule has 0 saturated heterocycles.